The van der Waals surface area contributed by atoms with Crippen LogP contribution in [0.5, 0.6) is 0 Å². The van der Waals surface area contributed by atoms with Gasteiger partial charge in [0.2, 0.25) is 0 Å². The molecule has 1 saturated heterocycles. The zero-order chi connectivity index (χ0) is 15.5. The molecule has 0 aromatic heterocycles. The van der Waals surface area contributed by atoms with Crippen LogP contribution >= 0.6 is 0 Å². The maximum Gasteiger partial charge on any atom is 0.158 e. The summed E-state index contributed by atoms with van der Waals surface area (Å²) in [6.07, 6.45) is 7.72. The quantitative estimate of drug-likeness (QED) is 0.745. The van der Waals surface area contributed by atoms with Gasteiger partial charge in [0.1, 0.15) is 6.10 Å². The van der Waals surface area contributed by atoms with Crippen LogP contribution in [0, 0.1) is 0 Å². The summed E-state index contributed by atoms with van der Waals surface area (Å²) in [5, 5.41) is 0. The molecule has 4 rings (SSSR count). The maximum atomic E-state index is 6.23. The van der Waals surface area contributed by atoms with Gasteiger partial charge in [0.05, 0.1) is 0 Å². The first-order valence-electron chi connectivity index (χ1n) is 8.51. The van der Waals surface area contributed by atoms with Crippen LogP contribution < -0.4 is 0 Å². The van der Waals surface area contributed by atoms with Crippen LogP contribution in [0.2, 0.25) is 0 Å². The fourth-order valence-corrected chi connectivity index (χ4v) is 3.52. The van der Waals surface area contributed by atoms with Gasteiger partial charge < -0.3 is 9.47 Å². The Morgan fingerprint density at radius 2 is 1.61 bits per heavy atom. The largest absolute Gasteiger partial charge is 0.353 e. The van der Waals surface area contributed by atoms with Crippen LogP contribution in [-0.2, 0) is 9.47 Å². The van der Waals surface area contributed by atoms with Crippen LogP contribution in [-0.4, -0.2) is 12.9 Å². The van der Waals surface area contributed by atoms with E-state index in [4.69, 9.17) is 9.47 Å². The molecule has 2 heteroatoms. The Morgan fingerprint density at radius 1 is 0.826 bits per heavy atom. The molecule has 2 aromatic carbocycles. The van der Waals surface area contributed by atoms with E-state index in [0.29, 0.717) is 5.92 Å². The second-order valence-corrected chi connectivity index (χ2v) is 6.25. The number of hydrogen-bond acceptors (Lipinski definition) is 2. The van der Waals surface area contributed by atoms with Crippen LogP contribution in [0.25, 0.3) is 0 Å². The lowest BCUT2D eigenvalue weighted by Crippen LogP contribution is -2.25. The molecule has 1 unspecified atom stereocenters. The van der Waals surface area contributed by atoms with E-state index in [1.807, 2.05) is 0 Å². The van der Waals surface area contributed by atoms with Gasteiger partial charge in [0.15, 0.2) is 6.29 Å². The third kappa shape index (κ3) is 3.10. The molecule has 2 aromatic rings. The second kappa shape index (κ2) is 6.69. The Kier molecular flexibility index (Phi) is 4.27. The molecule has 0 bridgehead atoms. The minimum absolute atomic E-state index is 0.00531. The lowest BCUT2D eigenvalue weighted by Gasteiger charge is -2.31. The first-order valence-corrected chi connectivity index (χ1v) is 8.51. The van der Waals surface area contributed by atoms with Gasteiger partial charge in [-0.05, 0) is 36.0 Å². The molecule has 118 valence electrons. The van der Waals surface area contributed by atoms with Gasteiger partial charge in [0, 0.05) is 12.5 Å². The lowest BCUT2D eigenvalue weighted by molar-refractivity contribution is -0.180. The SMILES string of the molecule is C1=C[C@H](OC2CCCCO2)c2ccccc2[C@@H]1c1ccccc1. The summed E-state index contributed by atoms with van der Waals surface area (Å²) in [4.78, 5) is 0. The van der Waals surface area contributed by atoms with Gasteiger partial charge >= 0.3 is 0 Å². The van der Waals surface area contributed by atoms with E-state index in [1.165, 1.54) is 23.1 Å². The van der Waals surface area contributed by atoms with Crippen molar-refractivity contribution in [2.45, 2.75) is 37.6 Å². The average molecular weight is 306 g/mol. The molecule has 2 nitrogen and oxygen atoms in total. The van der Waals surface area contributed by atoms with Crippen molar-refractivity contribution in [1.29, 1.82) is 0 Å². The molecule has 0 saturated carbocycles. The highest BCUT2D eigenvalue weighted by molar-refractivity contribution is 5.46. The summed E-state index contributed by atoms with van der Waals surface area (Å²) in [6, 6.07) is 19.3. The zero-order valence-electron chi connectivity index (χ0n) is 13.2. The third-order valence-corrected chi connectivity index (χ3v) is 4.71. The smallest absolute Gasteiger partial charge is 0.158 e. The number of hydrogen-bond donors (Lipinski definition) is 0. The van der Waals surface area contributed by atoms with Gasteiger partial charge in [-0.25, -0.2) is 0 Å². The molecular weight excluding hydrogens is 284 g/mol. The Balaban J connectivity index is 1.62. The summed E-state index contributed by atoms with van der Waals surface area (Å²) in [5.74, 6) is 0.305. The van der Waals surface area contributed by atoms with E-state index >= 15 is 0 Å². The maximum absolute atomic E-state index is 6.23. The predicted octanol–water partition coefficient (Wildman–Crippen LogP) is 4.97. The summed E-state index contributed by atoms with van der Waals surface area (Å²) < 4.78 is 12.0. The highest BCUT2D eigenvalue weighted by Crippen LogP contribution is 2.39. The van der Waals surface area contributed by atoms with Gasteiger partial charge in [-0.1, -0.05) is 66.7 Å². The molecule has 23 heavy (non-hydrogen) atoms. The molecule has 0 amide bonds. The van der Waals surface area contributed by atoms with Crippen molar-refractivity contribution < 1.29 is 9.47 Å². The van der Waals surface area contributed by atoms with E-state index in [-0.39, 0.29) is 12.4 Å². The molecule has 1 heterocycles. The fraction of sp³-hybridized carbons (Fsp3) is 0.333. The number of rotatable bonds is 3. The van der Waals surface area contributed by atoms with Crippen molar-refractivity contribution in [3.05, 3.63) is 83.4 Å². The van der Waals surface area contributed by atoms with E-state index in [1.54, 1.807) is 0 Å². The summed E-state index contributed by atoms with van der Waals surface area (Å²) >= 11 is 0. The van der Waals surface area contributed by atoms with Crippen molar-refractivity contribution in [2.75, 3.05) is 6.61 Å². The minimum Gasteiger partial charge on any atom is -0.353 e. The molecule has 1 aliphatic heterocycles. The summed E-state index contributed by atoms with van der Waals surface area (Å²) in [5.41, 5.74) is 3.92. The van der Waals surface area contributed by atoms with E-state index in [9.17, 15) is 0 Å². The summed E-state index contributed by atoms with van der Waals surface area (Å²) in [6.45, 7) is 0.815. The van der Waals surface area contributed by atoms with E-state index in [2.05, 4.69) is 66.7 Å². The zero-order valence-corrected chi connectivity index (χ0v) is 13.2. The van der Waals surface area contributed by atoms with Gasteiger partial charge in [0.25, 0.3) is 0 Å². The van der Waals surface area contributed by atoms with Crippen LogP contribution in [0.4, 0.5) is 0 Å². The Bertz CT molecular complexity index is 671. The van der Waals surface area contributed by atoms with Crippen LogP contribution in [0.15, 0.2) is 66.7 Å². The Hall–Kier alpha value is -1.90. The molecular formula is C21H22O2. The van der Waals surface area contributed by atoms with Gasteiger partial charge in [-0.2, -0.15) is 0 Å². The minimum atomic E-state index is -0.0697. The van der Waals surface area contributed by atoms with Crippen molar-refractivity contribution >= 4 is 0 Å². The van der Waals surface area contributed by atoms with Crippen LogP contribution in [0.3, 0.4) is 0 Å². The first-order chi connectivity index (χ1) is 11.4. The number of allylic oxidation sites excluding steroid dienone is 1. The average Bonchev–Trinajstić information content (AvgIpc) is 2.64. The molecule has 0 N–H and O–H groups in total. The lowest BCUT2D eigenvalue weighted by atomic mass is 9.82. The first kappa shape index (κ1) is 14.7. The molecule has 0 spiro atoms. The Morgan fingerprint density at radius 3 is 2.39 bits per heavy atom. The van der Waals surface area contributed by atoms with Gasteiger partial charge in [-0.15, -0.1) is 0 Å². The molecule has 1 aliphatic carbocycles. The number of benzene rings is 2. The normalized spacial score (nSPS) is 26.7. The highest BCUT2D eigenvalue weighted by Gasteiger charge is 2.27. The fourth-order valence-electron chi connectivity index (χ4n) is 3.52. The molecule has 3 atom stereocenters. The monoisotopic (exact) mass is 306 g/mol. The third-order valence-electron chi connectivity index (χ3n) is 4.71. The Labute approximate surface area is 137 Å². The number of ether oxygens (including phenoxy) is 2. The molecule has 1 fully saturated rings. The van der Waals surface area contributed by atoms with Crippen molar-refractivity contribution in [1.82, 2.24) is 0 Å². The van der Waals surface area contributed by atoms with Crippen LogP contribution in [0.1, 0.15) is 48.0 Å². The topological polar surface area (TPSA) is 18.5 Å². The highest BCUT2D eigenvalue weighted by atomic mass is 16.7. The molecule has 2 aliphatic rings. The number of fused-ring (bicyclic) bond motifs is 1. The van der Waals surface area contributed by atoms with E-state index < -0.39 is 0 Å². The summed E-state index contributed by atoms with van der Waals surface area (Å²) in [7, 11) is 0. The predicted molar refractivity (Wildman–Crippen MR) is 91.3 cm³/mol. The standard InChI is InChI=1S/C21H22O2/c1-2-8-16(9-3-1)17-13-14-20(19-11-5-4-10-18(17)19)23-21-12-6-7-15-22-21/h1-5,8-11,13-14,17,20-21H,6-7,12,15H2/t17-,20-,21?/m0/s1. The van der Waals surface area contributed by atoms with E-state index in [0.717, 1.165) is 19.4 Å². The molecule has 0 radical (unpaired) electrons. The van der Waals surface area contributed by atoms with Crippen molar-refractivity contribution in [2.24, 2.45) is 0 Å². The second-order valence-electron chi connectivity index (χ2n) is 6.25. The van der Waals surface area contributed by atoms with Crippen molar-refractivity contribution in [3.63, 3.8) is 0 Å². The van der Waals surface area contributed by atoms with Crippen molar-refractivity contribution in [3.8, 4) is 0 Å². The van der Waals surface area contributed by atoms with Gasteiger partial charge in [-0.3, -0.25) is 0 Å².